The second-order valence-corrected chi connectivity index (χ2v) is 6.98. The molecule has 1 saturated heterocycles. The molecular weight excluding hydrogens is 370 g/mol. The summed E-state index contributed by atoms with van der Waals surface area (Å²) in [6, 6.07) is 9.35. The molecule has 8 nitrogen and oxygen atoms in total. The van der Waals surface area contributed by atoms with Crippen molar-refractivity contribution in [3.8, 4) is 0 Å². The Morgan fingerprint density at radius 3 is 2.66 bits per heavy atom. The van der Waals surface area contributed by atoms with Crippen LogP contribution in [-0.2, 0) is 11.2 Å². The monoisotopic (exact) mass is 393 g/mol. The maximum atomic E-state index is 13.1. The summed E-state index contributed by atoms with van der Waals surface area (Å²) >= 11 is 0. The predicted octanol–water partition coefficient (Wildman–Crippen LogP) is 1.52. The first-order valence-corrected chi connectivity index (χ1v) is 9.63. The Morgan fingerprint density at radius 2 is 1.90 bits per heavy atom. The number of rotatable bonds is 5. The molecular formula is C21H23N5O3. The highest BCUT2D eigenvalue weighted by Gasteiger charge is 2.27. The van der Waals surface area contributed by atoms with Gasteiger partial charge in [0.1, 0.15) is 0 Å². The molecule has 8 heteroatoms. The molecule has 1 aliphatic heterocycles. The Kier molecular flexibility index (Phi) is 5.53. The third kappa shape index (κ3) is 3.97. The molecule has 1 fully saturated rings. The molecule has 150 valence electrons. The van der Waals surface area contributed by atoms with Crippen molar-refractivity contribution in [2.75, 3.05) is 39.9 Å². The molecule has 0 radical (unpaired) electrons. The lowest BCUT2D eigenvalue weighted by molar-refractivity contribution is 0.0300. The van der Waals surface area contributed by atoms with E-state index in [1.165, 1.54) is 0 Å². The molecule has 4 heterocycles. The Hall–Kier alpha value is -3.26. The first-order valence-electron chi connectivity index (χ1n) is 9.63. The highest BCUT2D eigenvalue weighted by atomic mass is 16.5. The van der Waals surface area contributed by atoms with Crippen LogP contribution in [-0.4, -0.2) is 75.9 Å². The van der Waals surface area contributed by atoms with E-state index in [-0.39, 0.29) is 17.6 Å². The highest BCUT2D eigenvalue weighted by molar-refractivity contribution is 6.02. The van der Waals surface area contributed by atoms with E-state index in [9.17, 15) is 9.59 Å². The largest absolute Gasteiger partial charge is 0.378 e. The van der Waals surface area contributed by atoms with Crippen LogP contribution in [0.1, 0.15) is 26.7 Å². The Bertz CT molecular complexity index is 1010. The van der Waals surface area contributed by atoms with Crippen molar-refractivity contribution in [2.45, 2.75) is 6.42 Å². The van der Waals surface area contributed by atoms with Crippen LogP contribution < -0.4 is 0 Å². The number of hydrogen-bond donors (Lipinski definition) is 0. The number of morpholine rings is 1. The maximum absolute atomic E-state index is 13.1. The van der Waals surface area contributed by atoms with E-state index < -0.39 is 0 Å². The van der Waals surface area contributed by atoms with Crippen LogP contribution in [0.4, 0.5) is 0 Å². The smallest absolute Gasteiger partial charge is 0.290 e. The number of ether oxygens (including phenoxy) is 1. The molecule has 1 aliphatic rings. The summed E-state index contributed by atoms with van der Waals surface area (Å²) in [5.41, 5.74) is 2.05. The Labute approximate surface area is 168 Å². The third-order valence-corrected chi connectivity index (χ3v) is 5.07. The van der Waals surface area contributed by atoms with Gasteiger partial charge in [-0.2, -0.15) is 0 Å². The lowest BCUT2D eigenvalue weighted by Gasteiger charge is -2.26. The predicted molar refractivity (Wildman–Crippen MR) is 107 cm³/mol. The summed E-state index contributed by atoms with van der Waals surface area (Å²) in [5, 5.41) is 0. The minimum atomic E-state index is -0.221. The number of carbonyl (C=O) groups is 2. The van der Waals surface area contributed by atoms with Gasteiger partial charge in [-0.15, -0.1) is 0 Å². The standard InChI is InChI=1S/C21H23N5O3/c1-24(11-7-16-5-8-22-9-6-16)21(28)19-23-18(17-4-2-3-10-26(17)19)20(27)25-12-14-29-15-13-25/h2-6,8-10H,7,11-15H2,1H3. The molecule has 2 amide bonds. The summed E-state index contributed by atoms with van der Waals surface area (Å²) in [7, 11) is 1.75. The van der Waals surface area contributed by atoms with Crippen molar-refractivity contribution in [1.29, 1.82) is 0 Å². The van der Waals surface area contributed by atoms with Crippen molar-refractivity contribution >= 4 is 17.3 Å². The van der Waals surface area contributed by atoms with Gasteiger partial charge in [0.2, 0.25) is 5.82 Å². The minimum absolute atomic E-state index is 0.171. The van der Waals surface area contributed by atoms with Crippen molar-refractivity contribution in [3.63, 3.8) is 0 Å². The number of nitrogens with zero attached hydrogens (tertiary/aromatic N) is 5. The average molecular weight is 393 g/mol. The maximum Gasteiger partial charge on any atom is 0.290 e. The Morgan fingerprint density at radius 1 is 1.14 bits per heavy atom. The normalized spacial score (nSPS) is 14.2. The fraction of sp³-hybridized carbons (Fsp3) is 0.333. The van der Waals surface area contributed by atoms with E-state index in [0.29, 0.717) is 50.5 Å². The summed E-state index contributed by atoms with van der Waals surface area (Å²) in [5.74, 6) is -0.147. The van der Waals surface area contributed by atoms with Gasteiger partial charge < -0.3 is 14.5 Å². The average Bonchev–Trinajstić information content (AvgIpc) is 3.17. The van der Waals surface area contributed by atoms with Gasteiger partial charge >= 0.3 is 0 Å². The zero-order valence-corrected chi connectivity index (χ0v) is 16.3. The number of pyridine rings is 2. The van der Waals surface area contributed by atoms with Gasteiger partial charge in [0.25, 0.3) is 11.8 Å². The molecule has 29 heavy (non-hydrogen) atoms. The Balaban J connectivity index is 1.58. The second-order valence-electron chi connectivity index (χ2n) is 6.98. The number of likely N-dealkylation sites (N-methyl/N-ethyl adjacent to an activating group) is 1. The number of amides is 2. The van der Waals surface area contributed by atoms with E-state index in [1.807, 2.05) is 30.3 Å². The third-order valence-electron chi connectivity index (χ3n) is 5.07. The lowest BCUT2D eigenvalue weighted by Crippen LogP contribution is -2.41. The van der Waals surface area contributed by atoms with E-state index in [1.54, 1.807) is 39.8 Å². The zero-order chi connectivity index (χ0) is 20.2. The van der Waals surface area contributed by atoms with Gasteiger partial charge in [0.05, 0.1) is 18.7 Å². The van der Waals surface area contributed by atoms with Crippen LogP contribution in [0, 0.1) is 0 Å². The molecule has 0 aromatic carbocycles. The highest BCUT2D eigenvalue weighted by Crippen LogP contribution is 2.17. The molecule has 0 aliphatic carbocycles. The van der Waals surface area contributed by atoms with Crippen LogP contribution in [0.3, 0.4) is 0 Å². The van der Waals surface area contributed by atoms with E-state index >= 15 is 0 Å². The van der Waals surface area contributed by atoms with Crippen molar-refractivity contribution in [1.82, 2.24) is 24.2 Å². The molecule has 0 unspecified atom stereocenters. The second kappa shape index (κ2) is 8.40. The van der Waals surface area contributed by atoms with Gasteiger partial charge in [-0.25, -0.2) is 4.98 Å². The summed E-state index contributed by atoms with van der Waals surface area (Å²) in [6.45, 7) is 2.62. The SMILES string of the molecule is CN(CCc1ccncc1)C(=O)c1nc(C(=O)N2CCOCC2)c2ccccn12. The number of carbonyl (C=O) groups excluding carboxylic acids is 2. The van der Waals surface area contributed by atoms with E-state index in [2.05, 4.69) is 9.97 Å². The van der Waals surface area contributed by atoms with Gasteiger partial charge in [-0.3, -0.25) is 19.0 Å². The van der Waals surface area contributed by atoms with Crippen LogP contribution in [0.2, 0.25) is 0 Å². The van der Waals surface area contributed by atoms with Gasteiger partial charge in [0.15, 0.2) is 5.69 Å². The first kappa shape index (κ1) is 19.1. The molecule has 0 N–H and O–H groups in total. The van der Waals surface area contributed by atoms with Crippen LogP contribution in [0.25, 0.3) is 5.52 Å². The van der Waals surface area contributed by atoms with Crippen LogP contribution in [0.15, 0.2) is 48.9 Å². The van der Waals surface area contributed by atoms with Crippen LogP contribution >= 0.6 is 0 Å². The van der Waals surface area contributed by atoms with Gasteiger partial charge in [-0.05, 0) is 36.2 Å². The van der Waals surface area contributed by atoms with Crippen molar-refractivity contribution < 1.29 is 14.3 Å². The minimum Gasteiger partial charge on any atom is -0.378 e. The molecule has 0 atom stereocenters. The summed E-state index contributed by atoms with van der Waals surface area (Å²) in [6.07, 6.45) is 5.96. The molecule has 0 bridgehead atoms. The first-order chi connectivity index (χ1) is 14.1. The topological polar surface area (TPSA) is 80.0 Å². The van der Waals surface area contributed by atoms with Crippen molar-refractivity contribution in [2.24, 2.45) is 0 Å². The molecule has 3 aromatic rings. The number of fused-ring (bicyclic) bond motifs is 1. The van der Waals surface area contributed by atoms with E-state index in [0.717, 1.165) is 5.56 Å². The molecule has 3 aromatic heterocycles. The molecule has 0 spiro atoms. The molecule has 0 saturated carbocycles. The lowest BCUT2D eigenvalue weighted by atomic mass is 10.2. The zero-order valence-electron chi connectivity index (χ0n) is 16.3. The summed E-state index contributed by atoms with van der Waals surface area (Å²) < 4.78 is 7.02. The number of aromatic nitrogens is 3. The quantitative estimate of drug-likeness (QED) is 0.657. The fourth-order valence-electron chi connectivity index (χ4n) is 3.38. The van der Waals surface area contributed by atoms with Gasteiger partial charge in [0, 0.05) is 45.3 Å². The van der Waals surface area contributed by atoms with Crippen LogP contribution in [0.5, 0.6) is 0 Å². The molecule has 4 rings (SSSR count). The number of imidazole rings is 1. The summed E-state index contributed by atoms with van der Waals surface area (Å²) in [4.78, 5) is 37.9. The number of hydrogen-bond acceptors (Lipinski definition) is 5. The van der Waals surface area contributed by atoms with Gasteiger partial charge in [-0.1, -0.05) is 6.07 Å². The fourth-order valence-corrected chi connectivity index (χ4v) is 3.38. The van der Waals surface area contributed by atoms with E-state index in [4.69, 9.17) is 4.74 Å². The van der Waals surface area contributed by atoms with Crippen molar-refractivity contribution in [3.05, 3.63) is 66.0 Å².